The topological polar surface area (TPSA) is 95.9 Å². The highest BCUT2D eigenvalue weighted by Crippen LogP contribution is 2.44. The Morgan fingerprint density at radius 3 is 2.31 bits per heavy atom. The predicted octanol–water partition coefficient (Wildman–Crippen LogP) is 4.43. The summed E-state index contributed by atoms with van der Waals surface area (Å²) in [6.07, 6.45) is 2.70. The number of ether oxygens (including phenoxy) is 1. The molecule has 4 rings (SSSR count). The molecule has 2 amide bonds. The molecule has 1 heterocycles. The van der Waals surface area contributed by atoms with Gasteiger partial charge in [0.25, 0.3) is 0 Å². The van der Waals surface area contributed by atoms with Crippen molar-refractivity contribution in [3.05, 3.63) is 72.3 Å². The Kier molecular flexibility index (Phi) is 7.24. The van der Waals surface area contributed by atoms with Gasteiger partial charge < -0.3 is 20.1 Å². The van der Waals surface area contributed by atoms with E-state index in [1.807, 2.05) is 31.2 Å². The molecule has 7 heteroatoms. The summed E-state index contributed by atoms with van der Waals surface area (Å²) in [5.74, 6) is -1.16. The van der Waals surface area contributed by atoms with Crippen molar-refractivity contribution in [2.75, 3.05) is 26.2 Å². The summed E-state index contributed by atoms with van der Waals surface area (Å²) in [5.41, 5.74) is 3.80. The van der Waals surface area contributed by atoms with Crippen LogP contribution in [0.3, 0.4) is 0 Å². The summed E-state index contributed by atoms with van der Waals surface area (Å²) < 4.78 is 5.54. The van der Waals surface area contributed by atoms with Crippen molar-refractivity contribution in [3.63, 3.8) is 0 Å². The molecule has 2 aromatic carbocycles. The molecule has 7 nitrogen and oxygen atoms in total. The number of alkyl carbamates (subject to hydrolysis) is 1. The van der Waals surface area contributed by atoms with Gasteiger partial charge in [0.1, 0.15) is 12.0 Å². The maximum Gasteiger partial charge on any atom is 0.407 e. The van der Waals surface area contributed by atoms with E-state index >= 15 is 0 Å². The first-order valence-corrected chi connectivity index (χ1v) is 12.1. The van der Waals surface area contributed by atoms with Crippen molar-refractivity contribution in [2.24, 2.45) is 11.3 Å². The molecule has 1 aliphatic carbocycles. The van der Waals surface area contributed by atoms with E-state index in [0.29, 0.717) is 25.8 Å². The Bertz CT molecular complexity index is 1080. The Balaban J connectivity index is 1.19. The number of fused-ring (bicyclic) bond motifs is 3. The lowest BCUT2D eigenvalue weighted by Gasteiger charge is -2.47. The fraction of sp³-hybridized carbons (Fsp3) is 0.393. The van der Waals surface area contributed by atoms with E-state index in [0.717, 1.165) is 0 Å². The number of amides is 2. The molecule has 1 saturated heterocycles. The van der Waals surface area contributed by atoms with E-state index in [-0.39, 0.29) is 37.4 Å². The number of carbonyl (C=O) groups is 3. The second-order valence-electron chi connectivity index (χ2n) is 9.57. The van der Waals surface area contributed by atoms with Gasteiger partial charge in [-0.25, -0.2) is 4.79 Å². The molecule has 2 aromatic rings. The van der Waals surface area contributed by atoms with Crippen molar-refractivity contribution >= 4 is 18.0 Å². The predicted molar refractivity (Wildman–Crippen MR) is 133 cm³/mol. The Hall–Kier alpha value is -3.61. The summed E-state index contributed by atoms with van der Waals surface area (Å²) in [6, 6.07) is 16.4. The highest BCUT2D eigenvalue weighted by atomic mass is 16.5. The number of nitrogens with one attached hydrogen (secondary N) is 1. The minimum Gasteiger partial charge on any atom is -0.481 e. The molecular weight excluding hydrogens is 444 g/mol. The molecule has 0 radical (unpaired) electrons. The van der Waals surface area contributed by atoms with Gasteiger partial charge in [-0.05, 0) is 41.5 Å². The van der Waals surface area contributed by atoms with E-state index in [2.05, 4.69) is 36.2 Å². The van der Waals surface area contributed by atoms with Crippen molar-refractivity contribution in [1.29, 1.82) is 0 Å². The second kappa shape index (κ2) is 10.3. The van der Waals surface area contributed by atoms with Gasteiger partial charge in [-0.3, -0.25) is 9.59 Å². The molecule has 2 aliphatic rings. The molecule has 0 saturated carbocycles. The number of allylic oxidation sites excluding steroid dienone is 1. The van der Waals surface area contributed by atoms with Crippen molar-refractivity contribution < 1.29 is 24.2 Å². The van der Waals surface area contributed by atoms with Crippen LogP contribution < -0.4 is 5.32 Å². The zero-order valence-electron chi connectivity index (χ0n) is 20.0. The van der Waals surface area contributed by atoms with Crippen LogP contribution in [-0.4, -0.2) is 54.2 Å². The van der Waals surface area contributed by atoms with Crippen LogP contribution >= 0.6 is 0 Å². The first-order valence-electron chi connectivity index (χ1n) is 12.1. The molecule has 0 spiro atoms. The number of carboxylic acid groups (broad SMARTS) is 1. The minimum atomic E-state index is -0.900. The molecule has 1 unspecified atom stereocenters. The number of carboxylic acids is 1. The van der Waals surface area contributed by atoms with Gasteiger partial charge in [0.05, 0.1) is 0 Å². The van der Waals surface area contributed by atoms with Gasteiger partial charge >= 0.3 is 12.1 Å². The van der Waals surface area contributed by atoms with Crippen molar-refractivity contribution in [1.82, 2.24) is 10.2 Å². The monoisotopic (exact) mass is 476 g/mol. The number of likely N-dealkylation sites (tertiary alicyclic amines) is 1. The summed E-state index contributed by atoms with van der Waals surface area (Å²) >= 11 is 0. The van der Waals surface area contributed by atoms with Gasteiger partial charge in [0, 0.05) is 31.5 Å². The molecule has 1 atom stereocenters. The summed E-state index contributed by atoms with van der Waals surface area (Å²) in [4.78, 5) is 38.0. The number of hydrogen-bond acceptors (Lipinski definition) is 4. The van der Waals surface area contributed by atoms with Gasteiger partial charge in [0.2, 0.25) is 5.91 Å². The third-order valence-electron chi connectivity index (χ3n) is 7.14. The Labute approximate surface area is 205 Å². The summed E-state index contributed by atoms with van der Waals surface area (Å²) in [6.45, 7) is 6.57. The van der Waals surface area contributed by atoms with Gasteiger partial charge in [0.15, 0.2) is 0 Å². The van der Waals surface area contributed by atoms with Crippen LogP contribution in [0.4, 0.5) is 4.79 Å². The Morgan fingerprint density at radius 2 is 1.74 bits per heavy atom. The number of rotatable bonds is 10. The number of hydrogen-bond donors (Lipinski definition) is 2. The van der Waals surface area contributed by atoms with E-state index in [4.69, 9.17) is 4.74 Å². The third-order valence-corrected chi connectivity index (χ3v) is 7.14. The Morgan fingerprint density at radius 1 is 1.14 bits per heavy atom. The maximum atomic E-state index is 12.6. The maximum absolute atomic E-state index is 12.6. The van der Waals surface area contributed by atoms with Crippen LogP contribution in [0.15, 0.2) is 61.2 Å². The van der Waals surface area contributed by atoms with Gasteiger partial charge in [-0.2, -0.15) is 0 Å². The summed E-state index contributed by atoms with van der Waals surface area (Å²) in [7, 11) is 0. The molecule has 1 aliphatic heterocycles. The quantitative estimate of drug-likeness (QED) is 0.391. The first-order chi connectivity index (χ1) is 16.9. The smallest absolute Gasteiger partial charge is 0.407 e. The van der Waals surface area contributed by atoms with Crippen molar-refractivity contribution in [3.8, 4) is 11.1 Å². The van der Waals surface area contributed by atoms with E-state index in [9.17, 15) is 19.5 Å². The first kappa shape index (κ1) is 24.5. The number of nitrogens with zero attached hydrogens (tertiary/aromatic N) is 1. The number of aliphatic carboxylic acids is 1. The normalized spacial score (nSPS) is 16.4. The van der Waals surface area contributed by atoms with E-state index in [1.165, 1.54) is 22.3 Å². The highest BCUT2D eigenvalue weighted by molar-refractivity contribution is 5.84. The minimum absolute atomic E-state index is 0.0151. The van der Waals surface area contributed by atoms with Crippen LogP contribution in [0, 0.1) is 11.3 Å². The fourth-order valence-electron chi connectivity index (χ4n) is 5.15. The zero-order chi connectivity index (χ0) is 25.0. The van der Waals surface area contributed by atoms with Crippen LogP contribution in [-0.2, 0) is 14.3 Å². The lowest BCUT2D eigenvalue weighted by Crippen LogP contribution is -2.62. The summed E-state index contributed by atoms with van der Waals surface area (Å²) in [5, 5.41) is 12.2. The van der Waals surface area contributed by atoms with Crippen LogP contribution in [0.2, 0.25) is 0 Å². The standard InChI is InChI=1S/C28H32N2O5/c1-3-14-28(26(32)33)17-30(18-28)25(31)19(2)9-8-15-29-27(34)35-16-24-22-12-6-4-10-20(22)21-11-5-7-13-23(21)24/h3-7,10-13,19,24H,1,8-9,14-18H2,2H3,(H,29,34)(H,32,33). The van der Waals surface area contributed by atoms with Gasteiger partial charge in [-0.1, -0.05) is 61.5 Å². The molecule has 0 bridgehead atoms. The van der Waals surface area contributed by atoms with Crippen LogP contribution in [0.25, 0.3) is 11.1 Å². The number of carbonyl (C=O) groups excluding carboxylic acids is 2. The SMILES string of the molecule is C=CCC1(C(=O)O)CN(C(=O)C(C)CCCNC(=O)OCC2c3ccccc3-c3ccccc32)C1. The van der Waals surface area contributed by atoms with Crippen LogP contribution in [0.5, 0.6) is 0 Å². The largest absolute Gasteiger partial charge is 0.481 e. The zero-order valence-corrected chi connectivity index (χ0v) is 20.0. The lowest BCUT2D eigenvalue weighted by molar-refractivity contribution is -0.167. The van der Waals surface area contributed by atoms with Crippen LogP contribution in [0.1, 0.15) is 43.2 Å². The lowest BCUT2D eigenvalue weighted by atomic mass is 9.76. The number of benzene rings is 2. The third kappa shape index (κ3) is 4.94. The van der Waals surface area contributed by atoms with E-state index < -0.39 is 17.5 Å². The fourth-order valence-corrected chi connectivity index (χ4v) is 5.15. The molecule has 2 N–H and O–H groups in total. The highest BCUT2D eigenvalue weighted by Gasteiger charge is 2.50. The average molecular weight is 477 g/mol. The van der Waals surface area contributed by atoms with Gasteiger partial charge in [-0.15, -0.1) is 6.58 Å². The molecular formula is C28H32N2O5. The average Bonchev–Trinajstić information content (AvgIpc) is 3.15. The molecule has 184 valence electrons. The molecule has 35 heavy (non-hydrogen) atoms. The molecule has 1 fully saturated rings. The second-order valence-corrected chi connectivity index (χ2v) is 9.57. The van der Waals surface area contributed by atoms with E-state index in [1.54, 1.807) is 11.0 Å². The van der Waals surface area contributed by atoms with Crippen molar-refractivity contribution in [2.45, 2.75) is 32.1 Å². The molecule has 0 aromatic heterocycles.